The molecule has 1 aromatic heterocycles. The molecule has 2 rings (SSSR count). The lowest BCUT2D eigenvalue weighted by molar-refractivity contribution is 0.727. The van der Waals surface area contributed by atoms with E-state index >= 15 is 0 Å². The van der Waals surface area contributed by atoms with Gasteiger partial charge in [-0.3, -0.25) is 0 Å². The van der Waals surface area contributed by atoms with Gasteiger partial charge in [-0.1, -0.05) is 30.1 Å². The van der Waals surface area contributed by atoms with Gasteiger partial charge in [0.15, 0.2) is 0 Å². The summed E-state index contributed by atoms with van der Waals surface area (Å²) in [6.07, 6.45) is 0. The smallest absolute Gasteiger partial charge is 0.113 e. The Morgan fingerprint density at radius 3 is 2.56 bits per heavy atom. The van der Waals surface area contributed by atoms with Gasteiger partial charge in [0.05, 0.1) is 21.1 Å². The highest BCUT2D eigenvalue weighted by Crippen LogP contribution is 2.29. The van der Waals surface area contributed by atoms with Crippen molar-refractivity contribution >= 4 is 45.8 Å². The fraction of sp³-hybridized carbons (Fsp3) is 0.364. The first-order valence-corrected chi connectivity index (χ1v) is 6.21. The van der Waals surface area contributed by atoms with Crippen molar-refractivity contribution in [2.24, 2.45) is 7.05 Å². The zero-order valence-corrected chi connectivity index (χ0v) is 11.2. The molecule has 86 valence electrons. The van der Waals surface area contributed by atoms with Crippen molar-refractivity contribution in [3.8, 4) is 0 Å². The molecular weight excluding hydrogens is 266 g/mol. The van der Waals surface area contributed by atoms with Gasteiger partial charge in [-0.05, 0) is 12.1 Å². The van der Waals surface area contributed by atoms with E-state index in [4.69, 9.17) is 34.8 Å². The molecule has 16 heavy (non-hydrogen) atoms. The van der Waals surface area contributed by atoms with Crippen molar-refractivity contribution in [1.29, 1.82) is 0 Å². The SMILES string of the molecule is CC(CCl)c1nc2cc(Cl)c(Cl)cc2n1C. The van der Waals surface area contributed by atoms with E-state index in [9.17, 15) is 0 Å². The Morgan fingerprint density at radius 1 is 1.31 bits per heavy atom. The van der Waals surface area contributed by atoms with Crippen LogP contribution in [0.3, 0.4) is 0 Å². The standard InChI is InChI=1S/C11H11Cl3N2/c1-6(5-12)11-15-9-3-7(13)8(14)4-10(9)16(11)2/h3-4,6H,5H2,1-2H3. The summed E-state index contributed by atoms with van der Waals surface area (Å²) in [6, 6.07) is 3.61. The van der Waals surface area contributed by atoms with E-state index in [1.54, 1.807) is 6.07 Å². The Morgan fingerprint density at radius 2 is 1.94 bits per heavy atom. The van der Waals surface area contributed by atoms with Gasteiger partial charge in [-0.25, -0.2) is 4.98 Å². The summed E-state index contributed by atoms with van der Waals surface area (Å²) < 4.78 is 2.00. The number of aryl methyl sites for hydroxylation is 1. The van der Waals surface area contributed by atoms with E-state index in [0.717, 1.165) is 16.9 Å². The van der Waals surface area contributed by atoms with Gasteiger partial charge in [-0.15, -0.1) is 11.6 Å². The number of nitrogens with zero attached hydrogens (tertiary/aromatic N) is 2. The summed E-state index contributed by atoms with van der Waals surface area (Å²) in [7, 11) is 1.96. The first-order chi connectivity index (χ1) is 7.54. The molecule has 0 fully saturated rings. The van der Waals surface area contributed by atoms with Crippen molar-refractivity contribution in [3.05, 3.63) is 28.0 Å². The van der Waals surface area contributed by atoms with Gasteiger partial charge in [0.2, 0.25) is 0 Å². The molecule has 0 spiro atoms. The largest absolute Gasteiger partial charge is 0.331 e. The number of aromatic nitrogens is 2. The van der Waals surface area contributed by atoms with Gasteiger partial charge >= 0.3 is 0 Å². The van der Waals surface area contributed by atoms with Crippen LogP contribution in [-0.2, 0) is 7.05 Å². The van der Waals surface area contributed by atoms with Crippen LogP contribution in [0.5, 0.6) is 0 Å². The minimum absolute atomic E-state index is 0.205. The van der Waals surface area contributed by atoms with Gasteiger partial charge in [-0.2, -0.15) is 0 Å². The van der Waals surface area contributed by atoms with Crippen molar-refractivity contribution < 1.29 is 0 Å². The van der Waals surface area contributed by atoms with Gasteiger partial charge in [0.25, 0.3) is 0 Å². The highest BCUT2D eigenvalue weighted by atomic mass is 35.5. The molecule has 1 atom stereocenters. The molecule has 0 amide bonds. The topological polar surface area (TPSA) is 17.8 Å². The van der Waals surface area contributed by atoms with Crippen LogP contribution in [0.2, 0.25) is 10.0 Å². The highest BCUT2D eigenvalue weighted by molar-refractivity contribution is 6.42. The second kappa shape index (κ2) is 4.44. The lowest BCUT2D eigenvalue weighted by Crippen LogP contribution is -2.03. The molecule has 0 saturated heterocycles. The molecule has 0 aliphatic rings. The Kier molecular flexibility index (Phi) is 3.34. The minimum Gasteiger partial charge on any atom is -0.331 e. The number of benzene rings is 1. The van der Waals surface area contributed by atoms with E-state index in [0.29, 0.717) is 15.9 Å². The summed E-state index contributed by atoms with van der Waals surface area (Å²) in [6.45, 7) is 2.04. The molecule has 0 saturated carbocycles. The lowest BCUT2D eigenvalue weighted by Gasteiger charge is -2.07. The molecule has 2 nitrogen and oxygen atoms in total. The monoisotopic (exact) mass is 276 g/mol. The van der Waals surface area contributed by atoms with Gasteiger partial charge in [0.1, 0.15) is 5.82 Å². The normalized spacial score (nSPS) is 13.3. The van der Waals surface area contributed by atoms with Crippen LogP contribution < -0.4 is 0 Å². The van der Waals surface area contributed by atoms with Crippen molar-refractivity contribution in [1.82, 2.24) is 9.55 Å². The predicted molar refractivity (Wildman–Crippen MR) is 69.9 cm³/mol. The number of imidazole rings is 1. The summed E-state index contributed by atoms with van der Waals surface area (Å²) in [5, 5.41) is 1.07. The fourth-order valence-corrected chi connectivity index (χ4v) is 2.17. The van der Waals surface area contributed by atoms with E-state index in [-0.39, 0.29) is 5.92 Å². The first kappa shape index (κ1) is 12.0. The van der Waals surface area contributed by atoms with E-state index in [1.165, 1.54) is 0 Å². The number of rotatable bonds is 2. The molecule has 0 aliphatic heterocycles. The van der Waals surface area contributed by atoms with Crippen LogP contribution in [-0.4, -0.2) is 15.4 Å². The summed E-state index contributed by atoms with van der Waals surface area (Å²) in [5.41, 5.74) is 1.82. The summed E-state index contributed by atoms with van der Waals surface area (Å²) in [4.78, 5) is 4.52. The van der Waals surface area contributed by atoms with Crippen LogP contribution in [0, 0.1) is 0 Å². The number of halogens is 3. The lowest BCUT2D eigenvalue weighted by atomic mass is 10.2. The highest BCUT2D eigenvalue weighted by Gasteiger charge is 2.14. The number of hydrogen-bond acceptors (Lipinski definition) is 1. The number of alkyl halides is 1. The van der Waals surface area contributed by atoms with Crippen molar-refractivity contribution in [2.75, 3.05) is 5.88 Å². The third-order valence-electron chi connectivity index (χ3n) is 2.63. The van der Waals surface area contributed by atoms with Crippen LogP contribution in [0.1, 0.15) is 18.7 Å². The minimum atomic E-state index is 0.205. The van der Waals surface area contributed by atoms with Gasteiger partial charge < -0.3 is 4.57 Å². The molecular formula is C11H11Cl3N2. The van der Waals surface area contributed by atoms with E-state index < -0.39 is 0 Å². The zero-order chi connectivity index (χ0) is 11.9. The van der Waals surface area contributed by atoms with Crippen LogP contribution in [0.25, 0.3) is 11.0 Å². The fourth-order valence-electron chi connectivity index (χ4n) is 1.72. The average molecular weight is 278 g/mol. The first-order valence-electron chi connectivity index (χ1n) is 4.92. The molecule has 1 unspecified atom stereocenters. The maximum atomic E-state index is 5.98. The Labute approximate surface area is 109 Å². The van der Waals surface area contributed by atoms with Crippen molar-refractivity contribution in [3.63, 3.8) is 0 Å². The molecule has 0 aliphatic carbocycles. The maximum Gasteiger partial charge on any atom is 0.113 e. The average Bonchev–Trinajstić information content (AvgIpc) is 2.56. The third kappa shape index (κ3) is 1.90. The van der Waals surface area contributed by atoms with Gasteiger partial charge in [0, 0.05) is 18.8 Å². The second-order valence-corrected chi connectivity index (χ2v) is 4.96. The molecule has 1 heterocycles. The van der Waals surface area contributed by atoms with E-state index in [1.807, 2.05) is 24.6 Å². The third-order valence-corrected chi connectivity index (χ3v) is 3.81. The molecule has 0 bridgehead atoms. The van der Waals surface area contributed by atoms with Crippen LogP contribution >= 0.6 is 34.8 Å². The van der Waals surface area contributed by atoms with Crippen LogP contribution in [0.15, 0.2) is 12.1 Å². The second-order valence-electron chi connectivity index (χ2n) is 3.84. The predicted octanol–water partition coefficient (Wildman–Crippen LogP) is 4.22. The number of fused-ring (bicyclic) bond motifs is 1. The zero-order valence-electron chi connectivity index (χ0n) is 8.97. The Balaban J connectivity index is 2.68. The summed E-state index contributed by atoms with van der Waals surface area (Å²) >= 11 is 17.8. The number of hydrogen-bond donors (Lipinski definition) is 0. The van der Waals surface area contributed by atoms with Crippen LogP contribution in [0.4, 0.5) is 0 Å². The maximum absolute atomic E-state index is 5.98. The van der Waals surface area contributed by atoms with E-state index in [2.05, 4.69) is 4.98 Å². The molecule has 0 radical (unpaired) electrons. The Hall–Kier alpha value is -0.440. The Bertz CT molecular complexity index is 533. The molecule has 2 aromatic rings. The molecule has 5 heteroatoms. The molecule has 1 aromatic carbocycles. The molecule has 0 N–H and O–H groups in total. The van der Waals surface area contributed by atoms with Crippen molar-refractivity contribution in [2.45, 2.75) is 12.8 Å². The quantitative estimate of drug-likeness (QED) is 0.752. The summed E-state index contributed by atoms with van der Waals surface area (Å²) in [5.74, 6) is 1.69.